The van der Waals surface area contributed by atoms with Gasteiger partial charge in [0.05, 0.1) is 11.1 Å². The molecule has 0 aliphatic rings. The van der Waals surface area contributed by atoms with Gasteiger partial charge in [0.2, 0.25) is 0 Å². The van der Waals surface area contributed by atoms with Crippen molar-refractivity contribution in [2.75, 3.05) is 11.9 Å². The number of amides is 1. The van der Waals surface area contributed by atoms with Gasteiger partial charge in [-0.1, -0.05) is 23.4 Å². The summed E-state index contributed by atoms with van der Waals surface area (Å²) in [4.78, 5) is 36.8. The summed E-state index contributed by atoms with van der Waals surface area (Å²) in [5, 5.41) is 11.9. The van der Waals surface area contributed by atoms with Gasteiger partial charge in [0.1, 0.15) is 17.0 Å². The normalized spacial score (nSPS) is 11.3. The maximum Gasteiger partial charge on any atom is 0.416 e. The van der Waals surface area contributed by atoms with Crippen LogP contribution in [0.3, 0.4) is 0 Å². The molecule has 40 heavy (non-hydrogen) atoms. The Morgan fingerprint density at radius 3 is 2.35 bits per heavy atom. The van der Waals surface area contributed by atoms with Gasteiger partial charge >= 0.3 is 12.1 Å². The Morgan fingerprint density at radius 1 is 1.02 bits per heavy atom. The SMILES string of the molecule is Cc1cc(C#CC(C)(C)C(=O)O)ccc1NC(=O)COc1ccc(Cl)cc1C(=O)c1cc(F)cc(C(F)(F)F)c1. The summed E-state index contributed by atoms with van der Waals surface area (Å²) >= 11 is 5.97. The van der Waals surface area contributed by atoms with Gasteiger partial charge in [-0.25, -0.2) is 4.39 Å². The summed E-state index contributed by atoms with van der Waals surface area (Å²) < 4.78 is 58.7. The van der Waals surface area contributed by atoms with Crippen LogP contribution in [0.5, 0.6) is 5.75 Å². The van der Waals surface area contributed by atoms with Crippen LogP contribution < -0.4 is 10.1 Å². The predicted molar refractivity (Wildman–Crippen MR) is 140 cm³/mol. The number of aliphatic carboxylic acids is 1. The van der Waals surface area contributed by atoms with Gasteiger partial charge < -0.3 is 15.2 Å². The Balaban J connectivity index is 1.76. The number of carbonyl (C=O) groups excluding carboxylic acids is 2. The Kier molecular flexibility index (Phi) is 8.90. The standard InChI is InChI=1S/C29H22ClF4NO5/c1-16-10-17(8-9-28(2,3)27(38)39)4-6-23(16)35-25(36)15-40-24-7-5-20(30)14-22(24)26(37)18-11-19(29(32,33)34)13-21(31)12-18/h4-7,10-14H,15H2,1-3H3,(H,35,36)(H,38,39). The third-order valence-corrected chi connectivity index (χ3v) is 5.82. The molecule has 0 atom stereocenters. The molecule has 0 aromatic heterocycles. The number of ether oxygens (including phenoxy) is 1. The monoisotopic (exact) mass is 575 g/mol. The minimum atomic E-state index is -4.87. The Hall–Kier alpha value is -4.36. The first-order valence-corrected chi connectivity index (χ1v) is 12.0. The first-order chi connectivity index (χ1) is 18.6. The van der Waals surface area contributed by atoms with E-state index in [-0.39, 0.29) is 22.4 Å². The van der Waals surface area contributed by atoms with Crippen molar-refractivity contribution in [1.82, 2.24) is 0 Å². The molecule has 0 aliphatic carbocycles. The second-order valence-electron chi connectivity index (χ2n) is 9.24. The molecule has 0 heterocycles. The minimum absolute atomic E-state index is 0.0677. The van der Waals surface area contributed by atoms with E-state index in [0.717, 1.165) is 6.07 Å². The van der Waals surface area contributed by atoms with Crippen LogP contribution in [0.25, 0.3) is 0 Å². The molecular formula is C29H22ClF4NO5. The number of nitrogens with one attached hydrogen (secondary N) is 1. The number of hydrogen-bond acceptors (Lipinski definition) is 4. The lowest BCUT2D eigenvalue weighted by molar-refractivity contribution is -0.143. The fourth-order valence-electron chi connectivity index (χ4n) is 3.34. The first kappa shape index (κ1) is 30.2. The molecule has 208 valence electrons. The van der Waals surface area contributed by atoms with Crippen molar-refractivity contribution in [1.29, 1.82) is 0 Å². The molecule has 6 nitrogen and oxygen atoms in total. The zero-order chi connectivity index (χ0) is 29.8. The van der Waals surface area contributed by atoms with Gasteiger partial charge in [0.15, 0.2) is 12.4 Å². The van der Waals surface area contributed by atoms with Crippen LogP contribution in [0.2, 0.25) is 5.02 Å². The molecule has 2 N–H and O–H groups in total. The number of anilines is 1. The predicted octanol–water partition coefficient (Wildman–Crippen LogP) is 6.52. The quantitative estimate of drug-likeness (QED) is 0.190. The lowest BCUT2D eigenvalue weighted by atomic mass is 9.94. The number of aryl methyl sites for hydroxylation is 1. The van der Waals surface area contributed by atoms with Gasteiger partial charge in [-0.2, -0.15) is 13.2 Å². The number of carboxylic acids is 1. The lowest BCUT2D eigenvalue weighted by Gasteiger charge is -2.14. The summed E-state index contributed by atoms with van der Waals surface area (Å²) in [7, 11) is 0. The number of alkyl halides is 3. The fourth-order valence-corrected chi connectivity index (χ4v) is 3.51. The highest BCUT2D eigenvalue weighted by Gasteiger charge is 2.32. The second-order valence-corrected chi connectivity index (χ2v) is 9.68. The van der Waals surface area contributed by atoms with Crippen LogP contribution >= 0.6 is 11.6 Å². The van der Waals surface area contributed by atoms with Crippen LogP contribution in [0.1, 0.15) is 46.5 Å². The number of rotatable bonds is 7. The minimum Gasteiger partial charge on any atom is -0.483 e. The maximum atomic E-state index is 13.9. The van der Waals surface area contributed by atoms with Crippen LogP contribution in [-0.2, 0) is 15.8 Å². The van der Waals surface area contributed by atoms with Crippen LogP contribution in [0.4, 0.5) is 23.2 Å². The molecule has 0 bridgehead atoms. The Morgan fingerprint density at radius 2 is 1.73 bits per heavy atom. The molecule has 0 saturated carbocycles. The zero-order valence-corrected chi connectivity index (χ0v) is 22.1. The van der Waals surface area contributed by atoms with E-state index >= 15 is 0 Å². The van der Waals surface area contributed by atoms with Gasteiger partial charge in [-0.15, -0.1) is 0 Å². The van der Waals surface area contributed by atoms with E-state index in [0.29, 0.717) is 28.9 Å². The zero-order valence-electron chi connectivity index (χ0n) is 21.4. The molecule has 0 radical (unpaired) electrons. The fraction of sp³-hybridized carbons (Fsp3) is 0.207. The molecule has 3 aromatic rings. The van der Waals surface area contributed by atoms with Gasteiger partial charge in [0, 0.05) is 21.8 Å². The highest BCUT2D eigenvalue weighted by atomic mass is 35.5. The van der Waals surface area contributed by atoms with Crippen molar-refractivity contribution in [2.45, 2.75) is 26.9 Å². The smallest absolute Gasteiger partial charge is 0.416 e. The van der Waals surface area contributed by atoms with Crippen molar-refractivity contribution in [2.24, 2.45) is 5.41 Å². The number of carboxylic acid groups (broad SMARTS) is 1. The summed E-state index contributed by atoms with van der Waals surface area (Å²) in [6.45, 7) is 4.07. The van der Waals surface area contributed by atoms with E-state index in [1.54, 1.807) is 25.1 Å². The molecule has 0 aliphatic heterocycles. The first-order valence-electron chi connectivity index (χ1n) is 11.6. The largest absolute Gasteiger partial charge is 0.483 e. The second kappa shape index (κ2) is 11.8. The Labute approximate surface area is 231 Å². The van der Waals surface area contributed by atoms with E-state index < -0.39 is 52.8 Å². The van der Waals surface area contributed by atoms with Gasteiger partial charge in [0.25, 0.3) is 5.91 Å². The number of ketones is 1. The van der Waals surface area contributed by atoms with Crippen molar-refractivity contribution < 1.29 is 41.8 Å². The number of carbonyl (C=O) groups is 3. The molecule has 1 amide bonds. The maximum absolute atomic E-state index is 13.9. The van der Waals surface area contributed by atoms with E-state index in [9.17, 15) is 37.1 Å². The molecular weight excluding hydrogens is 554 g/mol. The molecule has 0 spiro atoms. The molecule has 0 unspecified atom stereocenters. The van der Waals surface area contributed by atoms with Gasteiger partial charge in [-0.05, 0) is 80.9 Å². The van der Waals surface area contributed by atoms with Crippen molar-refractivity contribution >= 4 is 34.9 Å². The average Bonchev–Trinajstić information content (AvgIpc) is 2.86. The average molecular weight is 576 g/mol. The Bertz CT molecular complexity index is 1550. The van der Waals surface area contributed by atoms with E-state index in [1.165, 1.54) is 26.0 Å². The third kappa shape index (κ3) is 7.61. The van der Waals surface area contributed by atoms with E-state index in [4.69, 9.17) is 16.3 Å². The lowest BCUT2D eigenvalue weighted by Crippen LogP contribution is -2.21. The van der Waals surface area contributed by atoms with Crippen LogP contribution in [0.15, 0.2) is 54.6 Å². The molecule has 11 heteroatoms. The molecule has 3 rings (SSSR count). The number of benzene rings is 3. The van der Waals surface area contributed by atoms with Crippen molar-refractivity contribution in [3.05, 3.63) is 93.3 Å². The van der Waals surface area contributed by atoms with Crippen molar-refractivity contribution in [3.63, 3.8) is 0 Å². The van der Waals surface area contributed by atoms with E-state index in [1.807, 2.05) is 0 Å². The summed E-state index contributed by atoms with van der Waals surface area (Å²) in [5.41, 5.74) is -1.83. The highest BCUT2D eigenvalue weighted by Crippen LogP contribution is 2.32. The number of halogens is 5. The number of hydrogen-bond donors (Lipinski definition) is 2. The summed E-state index contributed by atoms with van der Waals surface area (Å²) in [6.07, 6.45) is -4.87. The van der Waals surface area contributed by atoms with E-state index in [2.05, 4.69) is 17.2 Å². The summed E-state index contributed by atoms with van der Waals surface area (Å²) in [6, 6.07) is 10.0. The summed E-state index contributed by atoms with van der Waals surface area (Å²) in [5.74, 6) is 1.40. The van der Waals surface area contributed by atoms with Crippen LogP contribution in [0, 0.1) is 30.0 Å². The topological polar surface area (TPSA) is 92.7 Å². The molecule has 3 aromatic carbocycles. The van der Waals surface area contributed by atoms with Crippen LogP contribution in [-0.4, -0.2) is 29.4 Å². The molecule has 0 fully saturated rings. The molecule has 0 saturated heterocycles. The third-order valence-electron chi connectivity index (χ3n) is 5.59. The van der Waals surface area contributed by atoms with Gasteiger partial charge in [-0.3, -0.25) is 14.4 Å². The van der Waals surface area contributed by atoms with Crippen molar-refractivity contribution in [3.8, 4) is 17.6 Å². The highest BCUT2D eigenvalue weighted by molar-refractivity contribution is 6.31.